The molecule has 0 aliphatic heterocycles. The minimum Gasteiger partial charge on any atom is -0.494 e. The van der Waals surface area contributed by atoms with E-state index < -0.39 is 0 Å². The minimum absolute atomic E-state index is 0.790. The van der Waals surface area contributed by atoms with Crippen molar-refractivity contribution < 1.29 is 4.74 Å². The first-order valence-corrected chi connectivity index (χ1v) is 8.98. The summed E-state index contributed by atoms with van der Waals surface area (Å²) in [4.78, 5) is 4.53. The van der Waals surface area contributed by atoms with E-state index in [1.807, 2.05) is 37.4 Å². The summed E-state index contributed by atoms with van der Waals surface area (Å²) in [5.74, 6) is 0.928. The number of unbranched alkanes of at least 4 members (excludes halogenated alkanes) is 3. The third-order valence-electron chi connectivity index (χ3n) is 4.19. The second-order valence-corrected chi connectivity index (χ2v) is 6.30. The molecular weight excluding hydrogens is 310 g/mol. The number of aromatic amines is 1. The highest BCUT2D eigenvalue weighted by atomic mass is 16.5. The lowest BCUT2D eigenvalue weighted by molar-refractivity contribution is 0.305. The van der Waals surface area contributed by atoms with Gasteiger partial charge in [0, 0.05) is 17.5 Å². The van der Waals surface area contributed by atoms with E-state index in [0.717, 1.165) is 47.0 Å². The summed E-state index contributed by atoms with van der Waals surface area (Å²) in [7, 11) is 0. The predicted molar refractivity (Wildman–Crippen MR) is 102 cm³/mol. The molecule has 0 fully saturated rings. The maximum Gasteiger partial charge on any atom is 0.119 e. The fourth-order valence-electron chi connectivity index (χ4n) is 2.73. The number of benzene rings is 1. The lowest BCUT2D eigenvalue weighted by Crippen LogP contribution is -1.97. The van der Waals surface area contributed by atoms with Crippen LogP contribution in [0.5, 0.6) is 5.75 Å². The molecule has 0 saturated heterocycles. The smallest absolute Gasteiger partial charge is 0.119 e. The van der Waals surface area contributed by atoms with Crippen molar-refractivity contribution in [3.8, 4) is 28.3 Å². The molecule has 3 aromatic rings. The number of H-pyrrole nitrogens is 1. The van der Waals surface area contributed by atoms with Crippen LogP contribution in [0, 0.1) is 6.92 Å². The van der Waals surface area contributed by atoms with Crippen LogP contribution in [0.4, 0.5) is 0 Å². The first-order chi connectivity index (χ1) is 12.3. The molecule has 130 valence electrons. The maximum atomic E-state index is 5.80. The highest BCUT2D eigenvalue weighted by Crippen LogP contribution is 2.24. The van der Waals surface area contributed by atoms with E-state index in [1.165, 1.54) is 19.3 Å². The van der Waals surface area contributed by atoms with Gasteiger partial charge >= 0.3 is 0 Å². The van der Waals surface area contributed by atoms with Gasteiger partial charge in [-0.05, 0) is 43.2 Å². The molecule has 4 heteroatoms. The van der Waals surface area contributed by atoms with E-state index in [-0.39, 0.29) is 0 Å². The number of hydrogen-bond acceptors (Lipinski definition) is 3. The van der Waals surface area contributed by atoms with Crippen LogP contribution in [-0.2, 0) is 0 Å². The average Bonchev–Trinajstić information content (AvgIpc) is 3.09. The molecule has 0 atom stereocenters. The van der Waals surface area contributed by atoms with Crippen molar-refractivity contribution in [1.82, 2.24) is 15.2 Å². The molecule has 0 amide bonds. The summed E-state index contributed by atoms with van der Waals surface area (Å²) in [5.41, 5.74) is 5.00. The predicted octanol–water partition coefficient (Wildman–Crippen LogP) is 5.41. The highest BCUT2D eigenvalue weighted by molar-refractivity contribution is 5.66. The van der Waals surface area contributed by atoms with Gasteiger partial charge < -0.3 is 4.74 Å². The molecule has 25 heavy (non-hydrogen) atoms. The Bertz CT molecular complexity index is 776. The third-order valence-corrected chi connectivity index (χ3v) is 4.19. The zero-order chi connectivity index (χ0) is 17.5. The van der Waals surface area contributed by atoms with Crippen molar-refractivity contribution in [3.63, 3.8) is 0 Å². The zero-order valence-electron chi connectivity index (χ0n) is 15.0. The molecule has 0 aliphatic carbocycles. The van der Waals surface area contributed by atoms with E-state index in [1.54, 1.807) is 0 Å². The van der Waals surface area contributed by atoms with Gasteiger partial charge in [-0.2, -0.15) is 5.10 Å². The molecule has 4 nitrogen and oxygen atoms in total. The van der Waals surface area contributed by atoms with E-state index in [0.29, 0.717) is 0 Å². The third kappa shape index (κ3) is 4.69. The fourth-order valence-corrected chi connectivity index (χ4v) is 2.73. The molecule has 0 radical (unpaired) electrons. The van der Waals surface area contributed by atoms with Gasteiger partial charge in [-0.1, -0.05) is 44.4 Å². The van der Waals surface area contributed by atoms with Crippen LogP contribution < -0.4 is 4.74 Å². The van der Waals surface area contributed by atoms with Gasteiger partial charge in [-0.25, -0.2) is 0 Å². The highest BCUT2D eigenvalue weighted by Gasteiger charge is 2.05. The molecule has 0 spiro atoms. The summed E-state index contributed by atoms with van der Waals surface area (Å²) < 4.78 is 5.80. The van der Waals surface area contributed by atoms with Gasteiger partial charge in [0.05, 0.1) is 12.3 Å². The monoisotopic (exact) mass is 335 g/mol. The van der Waals surface area contributed by atoms with Gasteiger partial charge in [0.1, 0.15) is 11.4 Å². The van der Waals surface area contributed by atoms with Gasteiger partial charge in [-0.3, -0.25) is 10.1 Å². The van der Waals surface area contributed by atoms with Crippen LogP contribution in [0.3, 0.4) is 0 Å². The summed E-state index contributed by atoms with van der Waals surface area (Å²) in [6.45, 7) is 4.99. The second-order valence-electron chi connectivity index (χ2n) is 6.30. The Morgan fingerprint density at radius 1 is 0.920 bits per heavy atom. The molecule has 1 N–H and O–H groups in total. The average molecular weight is 335 g/mol. The molecule has 0 aliphatic rings. The quantitative estimate of drug-likeness (QED) is 0.560. The molecule has 3 rings (SSSR count). The summed E-state index contributed by atoms with van der Waals surface area (Å²) in [6, 6.07) is 14.3. The molecule has 0 bridgehead atoms. The van der Waals surface area contributed by atoms with E-state index in [2.05, 4.69) is 40.3 Å². The Morgan fingerprint density at radius 3 is 2.36 bits per heavy atom. The lowest BCUT2D eigenvalue weighted by atomic mass is 10.1. The van der Waals surface area contributed by atoms with Crippen LogP contribution in [0.1, 0.15) is 38.3 Å². The Balaban J connectivity index is 1.60. The number of rotatable bonds is 8. The number of nitrogens with one attached hydrogen (secondary N) is 1. The van der Waals surface area contributed by atoms with Crippen molar-refractivity contribution in [3.05, 3.63) is 54.4 Å². The second kappa shape index (κ2) is 8.47. The first-order valence-electron chi connectivity index (χ1n) is 8.98. The van der Waals surface area contributed by atoms with Gasteiger partial charge in [-0.15, -0.1) is 0 Å². The van der Waals surface area contributed by atoms with E-state index in [9.17, 15) is 0 Å². The van der Waals surface area contributed by atoms with Crippen LogP contribution in [0.2, 0.25) is 0 Å². The van der Waals surface area contributed by atoms with Crippen LogP contribution >= 0.6 is 0 Å². The molecular formula is C21H25N3O. The van der Waals surface area contributed by atoms with Crippen molar-refractivity contribution in [2.75, 3.05) is 6.61 Å². The van der Waals surface area contributed by atoms with E-state index >= 15 is 0 Å². The number of ether oxygens (including phenoxy) is 1. The maximum absolute atomic E-state index is 5.80. The number of nitrogens with zero attached hydrogens (tertiary/aromatic N) is 2. The molecule has 2 aromatic heterocycles. The Labute approximate surface area is 149 Å². The Kier molecular flexibility index (Phi) is 5.83. The molecule has 0 unspecified atom stereocenters. The summed E-state index contributed by atoms with van der Waals surface area (Å²) >= 11 is 0. The van der Waals surface area contributed by atoms with Crippen molar-refractivity contribution in [1.29, 1.82) is 0 Å². The van der Waals surface area contributed by atoms with Crippen molar-refractivity contribution in [2.24, 2.45) is 0 Å². The van der Waals surface area contributed by atoms with Gasteiger partial charge in [0.15, 0.2) is 0 Å². The van der Waals surface area contributed by atoms with Crippen LogP contribution in [0.15, 0.2) is 48.7 Å². The van der Waals surface area contributed by atoms with Gasteiger partial charge in [0.2, 0.25) is 0 Å². The lowest BCUT2D eigenvalue weighted by Gasteiger charge is -2.07. The molecule has 1 aromatic carbocycles. The topological polar surface area (TPSA) is 50.8 Å². The molecule has 2 heterocycles. The number of aryl methyl sites for hydroxylation is 1. The zero-order valence-corrected chi connectivity index (χ0v) is 15.0. The normalized spacial score (nSPS) is 10.8. The van der Waals surface area contributed by atoms with E-state index in [4.69, 9.17) is 4.74 Å². The fraction of sp³-hybridized carbons (Fsp3) is 0.333. The number of pyridine rings is 1. The summed E-state index contributed by atoms with van der Waals surface area (Å²) in [5, 5.41) is 7.19. The number of aromatic nitrogens is 3. The summed E-state index contributed by atoms with van der Waals surface area (Å²) in [6.07, 6.45) is 6.78. The van der Waals surface area contributed by atoms with Crippen molar-refractivity contribution >= 4 is 0 Å². The molecule has 0 saturated carbocycles. The van der Waals surface area contributed by atoms with Gasteiger partial charge in [0.25, 0.3) is 0 Å². The van der Waals surface area contributed by atoms with Crippen molar-refractivity contribution in [2.45, 2.75) is 39.5 Å². The number of hydrogen-bond donors (Lipinski definition) is 1. The first kappa shape index (κ1) is 17.2. The Hall–Kier alpha value is -2.62. The Morgan fingerprint density at radius 2 is 1.72 bits per heavy atom. The standard InChI is InChI=1S/C21H25N3O/c1-3-4-5-6-13-25-19-10-7-17(8-11-19)18-9-12-20(22-15-18)21-14-16(2)23-24-21/h7-12,14-15H,3-6,13H2,1-2H3,(H,23,24). The van der Waals surface area contributed by atoms with Crippen LogP contribution in [0.25, 0.3) is 22.5 Å². The van der Waals surface area contributed by atoms with Crippen LogP contribution in [-0.4, -0.2) is 21.8 Å². The largest absolute Gasteiger partial charge is 0.494 e. The SMILES string of the molecule is CCCCCCOc1ccc(-c2ccc(-c3cc(C)[nH]n3)nc2)cc1. The minimum atomic E-state index is 0.790.